The Morgan fingerprint density at radius 3 is 2.75 bits per heavy atom. The van der Waals surface area contributed by atoms with Crippen molar-refractivity contribution in [3.8, 4) is 0 Å². The highest BCUT2D eigenvalue weighted by Crippen LogP contribution is 2.23. The molecule has 2 N–H and O–H groups in total. The van der Waals surface area contributed by atoms with Gasteiger partial charge in [0.25, 0.3) is 0 Å². The minimum Gasteiger partial charge on any atom is -0.365 e. The van der Waals surface area contributed by atoms with Crippen molar-refractivity contribution in [2.75, 3.05) is 16.3 Å². The summed E-state index contributed by atoms with van der Waals surface area (Å²) in [6.07, 6.45) is 2.60. The lowest BCUT2D eigenvalue weighted by molar-refractivity contribution is 0.607. The summed E-state index contributed by atoms with van der Waals surface area (Å²) in [6, 6.07) is 12.6. The van der Waals surface area contributed by atoms with Gasteiger partial charge in [-0.25, -0.2) is 18.4 Å². The van der Waals surface area contributed by atoms with Crippen molar-refractivity contribution in [1.29, 1.82) is 0 Å². The SMILES string of the molecule is CS(=O)(=O)Nc1cccc(CNc2ncnc3cc(Cl)ccc23)c1. The van der Waals surface area contributed by atoms with E-state index in [0.29, 0.717) is 23.1 Å². The number of nitrogens with one attached hydrogen (secondary N) is 2. The van der Waals surface area contributed by atoms with Crippen LogP contribution in [-0.2, 0) is 16.6 Å². The van der Waals surface area contributed by atoms with E-state index in [1.165, 1.54) is 6.33 Å². The number of aromatic nitrogens is 2. The first-order valence-electron chi connectivity index (χ1n) is 7.11. The van der Waals surface area contributed by atoms with E-state index in [2.05, 4.69) is 20.0 Å². The van der Waals surface area contributed by atoms with E-state index in [9.17, 15) is 8.42 Å². The van der Waals surface area contributed by atoms with Gasteiger partial charge in [-0.15, -0.1) is 0 Å². The van der Waals surface area contributed by atoms with Crippen molar-refractivity contribution < 1.29 is 8.42 Å². The average Bonchev–Trinajstić information content (AvgIpc) is 2.51. The van der Waals surface area contributed by atoms with Crippen molar-refractivity contribution in [2.24, 2.45) is 0 Å². The Balaban J connectivity index is 1.80. The van der Waals surface area contributed by atoms with E-state index in [-0.39, 0.29) is 0 Å². The molecule has 0 aliphatic rings. The summed E-state index contributed by atoms with van der Waals surface area (Å²) in [5.74, 6) is 0.693. The number of fused-ring (bicyclic) bond motifs is 1. The molecule has 0 bridgehead atoms. The van der Waals surface area contributed by atoms with Crippen LogP contribution in [0.2, 0.25) is 5.02 Å². The molecule has 0 saturated carbocycles. The van der Waals surface area contributed by atoms with Crippen LogP contribution in [0.1, 0.15) is 5.56 Å². The zero-order valence-electron chi connectivity index (χ0n) is 12.8. The third-order valence-corrected chi connectivity index (χ3v) is 4.13. The van der Waals surface area contributed by atoms with Crippen molar-refractivity contribution in [3.05, 3.63) is 59.4 Å². The quantitative estimate of drug-likeness (QED) is 0.727. The summed E-state index contributed by atoms with van der Waals surface area (Å²) in [5.41, 5.74) is 2.20. The number of hydrogen-bond acceptors (Lipinski definition) is 5. The fourth-order valence-electron chi connectivity index (χ4n) is 2.32. The van der Waals surface area contributed by atoms with Crippen LogP contribution in [0.5, 0.6) is 0 Å². The van der Waals surface area contributed by atoms with Gasteiger partial charge in [0, 0.05) is 22.6 Å². The lowest BCUT2D eigenvalue weighted by Gasteiger charge is -2.10. The minimum atomic E-state index is -3.30. The standard InChI is InChI=1S/C16H15ClN4O2S/c1-24(22,23)21-13-4-2-3-11(7-13)9-18-16-14-6-5-12(17)8-15(14)19-10-20-16/h2-8,10,21H,9H2,1H3,(H,18,19,20). The molecule has 8 heteroatoms. The van der Waals surface area contributed by atoms with Gasteiger partial charge in [-0.1, -0.05) is 23.7 Å². The summed E-state index contributed by atoms with van der Waals surface area (Å²) in [6.45, 7) is 0.494. The van der Waals surface area contributed by atoms with Crippen LogP contribution in [0.15, 0.2) is 48.8 Å². The lowest BCUT2D eigenvalue weighted by Crippen LogP contribution is -2.10. The molecule has 0 atom stereocenters. The number of anilines is 2. The first-order chi connectivity index (χ1) is 11.4. The van der Waals surface area contributed by atoms with E-state index in [1.807, 2.05) is 12.1 Å². The Labute approximate surface area is 145 Å². The topological polar surface area (TPSA) is 84.0 Å². The Morgan fingerprint density at radius 2 is 1.96 bits per heavy atom. The Morgan fingerprint density at radius 1 is 1.12 bits per heavy atom. The van der Waals surface area contributed by atoms with Gasteiger partial charge in [0.2, 0.25) is 10.0 Å². The predicted octanol–water partition coefficient (Wildman–Crippen LogP) is 3.27. The van der Waals surface area contributed by atoms with Gasteiger partial charge in [0.1, 0.15) is 12.1 Å². The highest BCUT2D eigenvalue weighted by molar-refractivity contribution is 7.92. The fraction of sp³-hybridized carbons (Fsp3) is 0.125. The number of nitrogens with zero attached hydrogens (tertiary/aromatic N) is 2. The van der Waals surface area contributed by atoms with Crippen LogP contribution in [0.3, 0.4) is 0 Å². The molecular weight excluding hydrogens is 348 g/mol. The van der Waals surface area contributed by atoms with Crippen LogP contribution in [0.4, 0.5) is 11.5 Å². The molecule has 3 rings (SSSR count). The summed E-state index contributed by atoms with van der Waals surface area (Å²) in [7, 11) is -3.30. The van der Waals surface area contributed by atoms with Gasteiger partial charge >= 0.3 is 0 Å². The zero-order valence-corrected chi connectivity index (χ0v) is 14.4. The molecule has 124 valence electrons. The summed E-state index contributed by atoms with van der Waals surface area (Å²) in [4.78, 5) is 8.46. The first kappa shape index (κ1) is 16.5. The largest absolute Gasteiger partial charge is 0.365 e. The van der Waals surface area contributed by atoms with Gasteiger partial charge in [-0.2, -0.15) is 0 Å². The Kier molecular flexibility index (Phi) is 4.55. The maximum Gasteiger partial charge on any atom is 0.229 e. The maximum atomic E-state index is 11.3. The summed E-state index contributed by atoms with van der Waals surface area (Å²) < 4.78 is 25.1. The molecule has 3 aromatic rings. The molecule has 1 aromatic heterocycles. The smallest absolute Gasteiger partial charge is 0.229 e. The normalized spacial score (nSPS) is 11.4. The van der Waals surface area contributed by atoms with Gasteiger partial charge in [-0.3, -0.25) is 4.72 Å². The molecule has 0 spiro atoms. The van der Waals surface area contributed by atoms with E-state index >= 15 is 0 Å². The number of halogens is 1. The molecule has 0 fully saturated rings. The van der Waals surface area contributed by atoms with Crippen LogP contribution >= 0.6 is 11.6 Å². The second kappa shape index (κ2) is 6.62. The summed E-state index contributed by atoms with van der Waals surface area (Å²) >= 11 is 5.98. The van der Waals surface area contributed by atoms with Crippen LogP contribution in [0, 0.1) is 0 Å². The molecule has 6 nitrogen and oxygen atoms in total. The van der Waals surface area contributed by atoms with Crippen LogP contribution < -0.4 is 10.0 Å². The first-order valence-corrected chi connectivity index (χ1v) is 9.38. The molecule has 0 aliphatic heterocycles. The third-order valence-electron chi connectivity index (χ3n) is 3.29. The lowest BCUT2D eigenvalue weighted by atomic mass is 10.2. The van der Waals surface area contributed by atoms with Gasteiger partial charge in [0.15, 0.2) is 0 Å². The third kappa shape index (κ3) is 4.12. The van der Waals surface area contributed by atoms with Gasteiger partial charge < -0.3 is 5.32 Å². The van der Waals surface area contributed by atoms with E-state index < -0.39 is 10.0 Å². The van der Waals surface area contributed by atoms with Crippen LogP contribution in [-0.4, -0.2) is 24.6 Å². The molecule has 1 heterocycles. The number of benzene rings is 2. The van der Waals surface area contributed by atoms with E-state index in [0.717, 1.165) is 22.7 Å². The maximum absolute atomic E-state index is 11.3. The average molecular weight is 363 g/mol. The highest BCUT2D eigenvalue weighted by Gasteiger charge is 2.06. The van der Waals surface area contributed by atoms with Crippen molar-refractivity contribution in [3.63, 3.8) is 0 Å². The van der Waals surface area contributed by atoms with E-state index in [4.69, 9.17) is 11.6 Å². The molecule has 24 heavy (non-hydrogen) atoms. The summed E-state index contributed by atoms with van der Waals surface area (Å²) in [5, 5.41) is 4.73. The Bertz CT molecular complexity index is 992. The molecule has 0 amide bonds. The molecule has 0 aliphatic carbocycles. The van der Waals surface area contributed by atoms with Crippen LogP contribution in [0.25, 0.3) is 10.9 Å². The highest BCUT2D eigenvalue weighted by atomic mass is 35.5. The molecule has 0 saturated heterocycles. The minimum absolute atomic E-state index is 0.494. The molecule has 0 unspecified atom stereocenters. The molecule has 2 aromatic carbocycles. The fourth-order valence-corrected chi connectivity index (χ4v) is 3.04. The van der Waals surface area contributed by atoms with Gasteiger partial charge in [-0.05, 0) is 35.9 Å². The zero-order chi connectivity index (χ0) is 17.2. The molecular formula is C16H15ClN4O2S. The second-order valence-corrected chi connectivity index (χ2v) is 7.50. The monoisotopic (exact) mass is 362 g/mol. The Hall–Kier alpha value is -2.38. The van der Waals surface area contributed by atoms with Gasteiger partial charge in [0.05, 0.1) is 11.8 Å². The molecule has 0 radical (unpaired) electrons. The van der Waals surface area contributed by atoms with E-state index in [1.54, 1.807) is 30.3 Å². The van der Waals surface area contributed by atoms with Crippen molar-refractivity contribution in [1.82, 2.24) is 9.97 Å². The second-order valence-electron chi connectivity index (χ2n) is 5.31. The number of sulfonamides is 1. The number of rotatable bonds is 5. The van der Waals surface area contributed by atoms with Crippen molar-refractivity contribution in [2.45, 2.75) is 6.54 Å². The number of hydrogen-bond donors (Lipinski definition) is 2. The predicted molar refractivity (Wildman–Crippen MR) is 96.8 cm³/mol. The van der Waals surface area contributed by atoms with Crippen molar-refractivity contribution >= 4 is 44.0 Å².